The molecule has 1 saturated heterocycles. The number of nitrogens with one attached hydrogen (secondary N) is 1. The molecule has 0 spiro atoms. The van der Waals surface area contributed by atoms with Crippen molar-refractivity contribution in [2.45, 2.75) is 32.9 Å². The number of rotatable bonds is 9. The van der Waals surface area contributed by atoms with E-state index in [0.29, 0.717) is 30.0 Å². The van der Waals surface area contributed by atoms with Gasteiger partial charge in [-0.3, -0.25) is 9.69 Å². The third-order valence-electron chi connectivity index (χ3n) is 4.88. The molecule has 1 aromatic heterocycles. The van der Waals surface area contributed by atoms with Gasteiger partial charge in [-0.25, -0.2) is 0 Å². The molecule has 29 heavy (non-hydrogen) atoms. The number of hydrogen-bond donors (Lipinski definition) is 1. The van der Waals surface area contributed by atoms with Crippen LogP contribution >= 0.6 is 15.9 Å². The molecule has 7 heteroatoms. The van der Waals surface area contributed by atoms with Gasteiger partial charge in [-0.1, -0.05) is 29.8 Å². The van der Waals surface area contributed by atoms with Crippen LogP contribution in [0.5, 0.6) is 5.75 Å². The van der Waals surface area contributed by atoms with Crippen molar-refractivity contribution in [3.63, 3.8) is 0 Å². The van der Waals surface area contributed by atoms with Gasteiger partial charge in [-0.05, 0) is 48.7 Å². The standard InChI is InChI=1S/C22H29BrN2O4/c1-16(2)13-18(25-9-11-27-12-10-25)14-24-22(26)21-8-7-20(29-21)15-28-19-5-3-17(23)4-6-19/h3-8,16,18H,9-15H2,1-2H3,(H,24,26). The molecular formula is C22H29BrN2O4. The van der Waals surface area contributed by atoms with Gasteiger partial charge in [0.25, 0.3) is 5.91 Å². The first kappa shape index (κ1) is 21.9. The van der Waals surface area contributed by atoms with Gasteiger partial charge in [-0.15, -0.1) is 0 Å². The summed E-state index contributed by atoms with van der Waals surface area (Å²) < 4.78 is 17.8. The predicted octanol–water partition coefficient (Wildman–Crippen LogP) is 4.10. The Labute approximate surface area is 180 Å². The van der Waals surface area contributed by atoms with Gasteiger partial charge in [0.05, 0.1) is 13.2 Å². The summed E-state index contributed by atoms with van der Waals surface area (Å²) in [6, 6.07) is 11.4. The van der Waals surface area contributed by atoms with E-state index in [4.69, 9.17) is 13.9 Å². The number of ether oxygens (including phenoxy) is 2. The molecule has 2 heterocycles. The first-order chi connectivity index (χ1) is 14.0. The number of benzene rings is 1. The number of halogens is 1. The van der Waals surface area contributed by atoms with Crippen molar-refractivity contribution < 1.29 is 18.7 Å². The molecule has 1 aliphatic heterocycles. The number of nitrogens with zero attached hydrogens (tertiary/aromatic N) is 1. The third-order valence-corrected chi connectivity index (χ3v) is 5.41. The van der Waals surface area contributed by atoms with E-state index in [1.165, 1.54) is 0 Å². The second-order valence-corrected chi connectivity index (χ2v) is 8.57. The molecule has 0 bridgehead atoms. The summed E-state index contributed by atoms with van der Waals surface area (Å²) in [5.41, 5.74) is 0. The van der Waals surface area contributed by atoms with Gasteiger partial charge in [0.1, 0.15) is 18.1 Å². The van der Waals surface area contributed by atoms with E-state index in [0.717, 1.165) is 42.9 Å². The topological polar surface area (TPSA) is 63.9 Å². The summed E-state index contributed by atoms with van der Waals surface area (Å²) in [5.74, 6) is 2.04. The molecular weight excluding hydrogens is 436 g/mol. The van der Waals surface area contributed by atoms with Crippen LogP contribution in [0.4, 0.5) is 0 Å². The Balaban J connectivity index is 1.51. The summed E-state index contributed by atoms with van der Waals surface area (Å²) in [4.78, 5) is 15.0. The third kappa shape index (κ3) is 6.87. The average molecular weight is 465 g/mol. The van der Waals surface area contributed by atoms with Crippen molar-refractivity contribution in [1.82, 2.24) is 10.2 Å². The maximum absolute atomic E-state index is 12.5. The maximum Gasteiger partial charge on any atom is 0.287 e. The minimum absolute atomic E-state index is 0.193. The zero-order valence-corrected chi connectivity index (χ0v) is 18.6. The number of hydrogen-bond acceptors (Lipinski definition) is 5. The molecule has 1 aromatic carbocycles. The van der Waals surface area contributed by atoms with Gasteiger partial charge in [0.15, 0.2) is 5.76 Å². The van der Waals surface area contributed by atoms with Crippen LogP contribution in [-0.4, -0.2) is 49.7 Å². The molecule has 6 nitrogen and oxygen atoms in total. The quantitative estimate of drug-likeness (QED) is 0.604. The second kappa shape index (κ2) is 10.8. The van der Waals surface area contributed by atoms with E-state index in [2.05, 4.69) is 40.0 Å². The lowest BCUT2D eigenvalue weighted by Crippen LogP contribution is -2.49. The summed E-state index contributed by atoms with van der Waals surface area (Å²) in [5, 5.41) is 3.03. The fourth-order valence-corrected chi connectivity index (χ4v) is 3.67. The van der Waals surface area contributed by atoms with Gasteiger partial charge in [0.2, 0.25) is 0 Å². The Morgan fingerprint density at radius 3 is 2.59 bits per heavy atom. The lowest BCUT2D eigenvalue weighted by atomic mass is 10.0. The molecule has 1 atom stereocenters. The fourth-order valence-electron chi connectivity index (χ4n) is 3.41. The van der Waals surface area contributed by atoms with Gasteiger partial charge in [-0.2, -0.15) is 0 Å². The number of carbonyl (C=O) groups is 1. The van der Waals surface area contributed by atoms with Gasteiger partial charge < -0.3 is 19.2 Å². The molecule has 1 N–H and O–H groups in total. The monoisotopic (exact) mass is 464 g/mol. The highest BCUT2D eigenvalue weighted by atomic mass is 79.9. The minimum atomic E-state index is -0.193. The Kier molecular flexibility index (Phi) is 8.15. The van der Waals surface area contributed by atoms with Crippen molar-refractivity contribution in [3.8, 4) is 5.75 Å². The van der Waals surface area contributed by atoms with Crippen molar-refractivity contribution in [2.75, 3.05) is 32.8 Å². The summed E-state index contributed by atoms with van der Waals surface area (Å²) in [6.07, 6.45) is 1.03. The number of carbonyl (C=O) groups excluding carboxylic acids is 1. The van der Waals surface area contributed by atoms with Gasteiger partial charge in [0, 0.05) is 30.1 Å². The van der Waals surface area contributed by atoms with Crippen LogP contribution in [0.1, 0.15) is 36.6 Å². The van der Waals surface area contributed by atoms with Crippen LogP contribution in [0, 0.1) is 5.92 Å². The Morgan fingerprint density at radius 1 is 1.17 bits per heavy atom. The van der Waals surface area contributed by atoms with Crippen LogP contribution in [0.15, 0.2) is 45.3 Å². The largest absolute Gasteiger partial charge is 0.486 e. The molecule has 3 rings (SSSR count). The second-order valence-electron chi connectivity index (χ2n) is 7.65. The molecule has 1 fully saturated rings. The van der Waals surface area contributed by atoms with E-state index >= 15 is 0 Å². The predicted molar refractivity (Wildman–Crippen MR) is 115 cm³/mol. The van der Waals surface area contributed by atoms with E-state index in [-0.39, 0.29) is 12.5 Å². The molecule has 1 aliphatic rings. The Bertz CT molecular complexity index is 769. The summed E-state index contributed by atoms with van der Waals surface area (Å²) >= 11 is 3.40. The number of amides is 1. The van der Waals surface area contributed by atoms with E-state index < -0.39 is 0 Å². The van der Waals surface area contributed by atoms with Crippen molar-refractivity contribution in [1.29, 1.82) is 0 Å². The van der Waals surface area contributed by atoms with E-state index in [1.54, 1.807) is 12.1 Å². The molecule has 2 aromatic rings. The molecule has 1 amide bonds. The highest BCUT2D eigenvalue weighted by Gasteiger charge is 2.23. The highest BCUT2D eigenvalue weighted by Crippen LogP contribution is 2.18. The number of morpholine rings is 1. The zero-order chi connectivity index (χ0) is 20.6. The first-order valence-electron chi connectivity index (χ1n) is 10.1. The van der Waals surface area contributed by atoms with Crippen molar-refractivity contribution in [2.24, 2.45) is 5.92 Å². The molecule has 0 radical (unpaired) electrons. The SMILES string of the molecule is CC(C)CC(CNC(=O)c1ccc(COc2ccc(Br)cc2)o1)N1CCOCC1. The smallest absolute Gasteiger partial charge is 0.287 e. The lowest BCUT2D eigenvalue weighted by Gasteiger charge is -2.35. The van der Waals surface area contributed by atoms with Crippen LogP contribution in [0.2, 0.25) is 0 Å². The normalized spacial score (nSPS) is 16.0. The molecule has 1 unspecified atom stereocenters. The first-order valence-corrected chi connectivity index (χ1v) is 10.9. The Hall–Kier alpha value is -1.83. The maximum atomic E-state index is 12.5. The highest BCUT2D eigenvalue weighted by molar-refractivity contribution is 9.10. The molecule has 0 aliphatic carbocycles. The fraction of sp³-hybridized carbons (Fsp3) is 0.500. The molecule has 158 valence electrons. The molecule has 0 saturated carbocycles. The summed E-state index contributed by atoms with van der Waals surface area (Å²) in [6.45, 7) is 8.61. The van der Waals surface area contributed by atoms with Crippen LogP contribution in [0.25, 0.3) is 0 Å². The van der Waals surface area contributed by atoms with Crippen molar-refractivity contribution in [3.05, 3.63) is 52.4 Å². The number of furan rings is 1. The minimum Gasteiger partial charge on any atom is -0.486 e. The Morgan fingerprint density at radius 2 is 1.90 bits per heavy atom. The summed E-state index contributed by atoms with van der Waals surface area (Å²) in [7, 11) is 0. The van der Waals surface area contributed by atoms with Crippen LogP contribution in [0.3, 0.4) is 0 Å². The zero-order valence-electron chi connectivity index (χ0n) is 17.0. The average Bonchev–Trinajstić information content (AvgIpc) is 3.20. The van der Waals surface area contributed by atoms with Crippen molar-refractivity contribution >= 4 is 21.8 Å². The van der Waals surface area contributed by atoms with E-state index in [9.17, 15) is 4.79 Å². The lowest BCUT2D eigenvalue weighted by molar-refractivity contribution is 0.0124. The van der Waals surface area contributed by atoms with E-state index in [1.807, 2.05) is 24.3 Å². The van der Waals surface area contributed by atoms with Crippen LogP contribution in [-0.2, 0) is 11.3 Å². The van der Waals surface area contributed by atoms with Crippen LogP contribution < -0.4 is 10.1 Å². The van der Waals surface area contributed by atoms with Gasteiger partial charge >= 0.3 is 0 Å².